The van der Waals surface area contributed by atoms with E-state index in [9.17, 15) is 19.2 Å². The predicted octanol–water partition coefficient (Wildman–Crippen LogP) is 3.99. The van der Waals surface area contributed by atoms with Crippen molar-refractivity contribution in [2.45, 2.75) is 78.5 Å². The van der Waals surface area contributed by atoms with E-state index in [2.05, 4.69) is 10.6 Å². The molecular formula is C27H43N3O6S. The number of hydrogen-bond acceptors (Lipinski definition) is 7. The molecule has 9 nitrogen and oxygen atoms in total. The van der Waals surface area contributed by atoms with Gasteiger partial charge in [-0.05, 0) is 65.0 Å². The van der Waals surface area contributed by atoms with Gasteiger partial charge in [-0.25, -0.2) is 4.79 Å². The van der Waals surface area contributed by atoms with Crippen LogP contribution in [0.5, 0.6) is 0 Å². The molecule has 3 amide bonds. The molecule has 1 rings (SSSR count). The molecule has 208 valence electrons. The predicted molar refractivity (Wildman–Crippen MR) is 146 cm³/mol. The molecule has 0 spiro atoms. The summed E-state index contributed by atoms with van der Waals surface area (Å²) >= 11 is 1.56. The maximum atomic E-state index is 13.9. The molecule has 1 aromatic rings. The molecule has 0 aromatic heterocycles. The standard InChI is InChI=1S/C27H43N3O6S/c1-8-16-30(25(33)21(14-17-37-7)29-26(34)36-27(4,5)6)23(20-12-10-11-19(3)18-20)24(32)28-15-13-22(31)35-9-2/h10-12,18,21,23H,8-9,13-17H2,1-7H3,(H,28,32)(H,29,34). The van der Waals surface area contributed by atoms with E-state index in [1.165, 1.54) is 4.90 Å². The van der Waals surface area contributed by atoms with Crippen LogP contribution in [0.3, 0.4) is 0 Å². The molecule has 2 N–H and O–H groups in total. The maximum absolute atomic E-state index is 13.9. The number of thioether (sulfide) groups is 1. The van der Waals surface area contributed by atoms with Gasteiger partial charge in [-0.3, -0.25) is 14.4 Å². The van der Waals surface area contributed by atoms with Crippen LogP contribution >= 0.6 is 11.8 Å². The highest BCUT2D eigenvalue weighted by Gasteiger charge is 2.35. The van der Waals surface area contributed by atoms with E-state index in [-0.39, 0.29) is 25.5 Å². The summed E-state index contributed by atoms with van der Waals surface area (Å²) in [6.07, 6.45) is 2.24. The molecule has 0 radical (unpaired) electrons. The number of carbonyl (C=O) groups excluding carboxylic acids is 4. The SMILES string of the molecule is CCCN(C(=O)C(CCSC)NC(=O)OC(C)(C)C)C(C(=O)NCCC(=O)OCC)c1cccc(C)c1. The Kier molecular flexibility index (Phi) is 14.1. The number of aryl methyl sites for hydroxylation is 1. The van der Waals surface area contributed by atoms with Crippen molar-refractivity contribution in [2.24, 2.45) is 0 Å². The number of nitrogens with zero attached hydrogens (tertiary/aromatic N) is 1. The van der Waals surface area contributed by atoms with Crippen LogP contribution in [0.25, 0.3) is 0 Å². The molecule has 0 aliphatic heterocycles. The summed E-state index contributed by atoms with van der Waals surface area (Å²) in [7, 11) is 0. The van der Waals surface area contributed by atoms with Gasteiger partial charge in [0.25, 0.3) is 0 Å². The summed E-state index contributed by atoms with van der Waals surface area (Å²) in [5.74, 6) is -0.547. The number of ether oxygens (including phenoxy) is 2. The molecule has 1 aromatic carbocycles. The van der Waals surface area contributed by atoms with Gasteiger partial charge < -0.3 is 25.0 Å². The fourth-order valence-electron chi connectivity index (χ4n) is 3.68. The first-order chi connectivity index (χ1) is 17.4. The van der Waals surface area contributed by atoms with Gasteiger partial charge in [0.15, 0.2) is 0 Å². The number of nitrogens with one attached hydrogen (secondary N) is 2. The van der Waals surface area contributed by atoms with Crippen molar-refractivity contribution in [3.05, 3.63) is 35.4 Å². The number of hydrogen-bond donors (Lipinski definition) is 2. The molecule has 0 heterocycles. The van der Waals surface area contributed by atoms with Gasteiger partial charge in [-0.1, -0.05) is 36.8 Å². The Morgan fingerprint density at radius 1 is 1.14 bits per heavy atom. The lowest BCUT2D eigenvalue weighted by atomic mass is 10.00. The summed E-state index contributed by atoms with van der Waals surface area (Å²) < 4.78 is 10.3. The van der Waals surface area contributed by atoms with E-state index < -0.39 is 35.7 Å². The molecule has 0 bridgehead atoms. The Labute approximate surface area is 225 Å². The molecule has 0 saturated heterocycles. The number of amides is 3. The Hall–Kier alpha value is -2.75. The van der Waals surface area contributed by atoms with E-state index in [1.54, 1.807) is 45.5 Å². The minimum Gasteiger partial charge on any atom is -0.466 e. The van der Waals surface area contributed by atoms with Gasteiger partial charge in [0.1, 0.15) is 17.7 Å². The largest absolute Gasteiger partial charge is 0.466 e. The third-order valence-electron chi connectivity index (χ3n) is 5.20. The van der Waals surface area contributed by atoms with Crippen LogP contribution < -0.4 is 10.6 Å². The molecule has 2 unspecified atom stereocenters. The monoisotopic (exact) mass is 537 g/mol. The second kappa shape index (κ2) is 16.2. The summed E-state index contributed by atoms with van der Waals surface area (Å²) in [6.45, 7) is 11.5. The Bertz CT molecular complexity index is 902. The first-order valence-corrected chi connectivity index (χ1v) is 14.1. The van der Waals surface area contributed by atoms with Crippen molar-refractivity contribution in [3.63, 3.8) is 0 Å². The average Bonchev–Trinajstić information content (AvgIpc) is 2.80. The lowest BCUT2D eigenvalue weighted by molar-refractivity contribution is -0.144. The van der Waals surface area contributed by atoms with Crippen molar-refractivity contribution in [1.82, 2.24) is 15.5 Å². The van der Waals surface area contributed by atoms with Crippen LogP contribution in [0.4, 0.5) is 4.79 Å². The van der Waals surface area contributed by atoms with E-state index in [0.29, 0.717) is 30.7 Å². The minimum atomic E-state index is -0.938. The fourth-order valence-corrected chi connectivity index (χ4v) is 4.15. The number of benzene rings is 1. The van der Waals surface area contributed by atoms with Gasteiger partial charge in [0, 0.05) is 13.1 Å². The van der Waals surface area contributed by atoms with Crippen molar-refractivity contribution in [1.29, 1.82) is 0 Å². The second-order valence-electron chi connectivity index (χ2n) is 9.67. The van der Waals surface area contributed by atoms with Gasteiger partial charge in [-0.2, -0.15) is 11.8 Å². The van der Waals surface area contributed by atoms with E-state index in [4.69, 9.17) is 9.47 Å². The summed E-state index contributed by atoms with van der Waals surface area (Å²) in [5.41, 5.74) is 0.872. The highest BCUT2D eigenvalue weighted by Crippen LogP contribution is 2.24. The van der Waals surface area contributed by atoms with Crippen molar-refractivity contribution >= 4 is 35.6 Å². The number of esters is 1. The highest BCUT2D eigenvalue weighted by molar-refractivity contribution is 7.98. The zero-order valence-electron chi connectivity index (χ0n) is 23.2. The van der Waals surface area contributed by atoms with Gasteiger partial charge >= 0.3 is 12.1 Å². The minimum absolute atomic E-state index is 0.0262. The number of carbonyl (C=O) groups is 4. The third kappa shape index (κ3) is 11.9. The lowest BCUT2D eigenvalue weighted by Crippen LogP contribution is -2.53. The summed E-state index contributed by atoms with van der Waals surface area (Å²) in [4.78, 5) is 53.2. The number of alkyl carbamates (subject to hydrolysis) is 1. The van der Waals surface area contributed by atoms with Crippen LogP contribution in [0, 0.1) is 6.92 Å². The Balaban J connectivity index is 3.31. The van der Waals surface area contributed by atoms with E-state index >= 15 is 0 Å². The van der Waals surface area contributed by atoms with Gasteiger partial charge in [0.05, 0.1) is 13.0 Å². The smallest absolute Gasteiger partial charge is 0.408 e. The van der Waals surface area contributed by atoms with Crippen LogP contribution in [0.1, 0.15) is 71.0 Å². The zero-order valence-corrected chi connectivity index (χ0v) is 24.0. The molecule has 0 aliphatic carbocycles. The normalized spacial score (nSPS) is 12.7. The Morgan fingerprint density at radius 2 is 1.84 bits per heavy atom. The molecular weight excluding hydrogens is 494 g/mol. The molecule has 0 saturated carbocycles. The molecule has 10 heteroatoms. The first kappa shape index (κ1) is 32.3. The van der Waals surface area contributed by atoms with Gasteiger partial charge in [-0.15, -0.1) is 0 Å². The number of rotatable bonds is 14. The third-order valence-corrected chi connectivity index (χ3v) is 5.84. The quantitative estimate of drug-likeness (QED) is 0.345. The molecule has 0 aliphatic rings. The average molecular weight is 538 g/mol. The van der Waals surface area contributed by atoms with Crippen molar-refractivity contribution in [2.75, 3.05) is 31.7 Å². The molecule has 2 atom stereocenters. The highest BCUT2D eigenvalue weighted by atomic mass is 32.2. The topological polar surface area (TPSA) is 114 Å². The summed E-state index contributed by atoms with van der Waals surface area (Å²) in [6, 6.07) is 5.61. The summed E-state index contributed by atoms with van der Waals surface area (Å²) in [5, 5.41) is 5.51. The molecule has 0 fully saturated rings. The van der Waals surface area contributed by atoms with E-state index in [0.717, 1.165) is 5.56 Å². The fraction of sp³-hybridized carbons (Fsp3) is 0.630. The zero-order chi connectivity index (χ0) is 28.0. The maximum Gasteiger partial charge on any atom is 0.408 e. The van der Waals surface area contributed by atoms with Crippen LogP contribution in [-0.4, -0.2) is 72.1 Å². The molecule has 37 heavy (non-hydrogen) atoms. The Morgan fingerprint density at radius 3 is 2.41 bits per heavy atom. The van der Waals surface area contributed by atoms with E-state index in [1.807, 2.05) is 38.3 Å². The lowest BCUT2D eigenvalue weighted by Gasteiger charge is -2.34. The second-order valence-corrected chi connectivity index (χ2v) is 10.7. The van der Waals surface area contributed by atoms with Crippen LogP contribution in [0.2, 0.25) is 0 Å². The first-order valence-electron chi connectivity index (χ1n) is 12.7. The van der Waals surface area contributed by atoms with Crippen molar-refractivity contribution in [3.8, 4) is 0 Å². The van der Waals surface area contributed by atoms with Crippen LogP contribution in [-0.2, 0) is 23.9 Å². The van der Waals surface area contributed by atoms with Gasteiger partial charge in [0.2, 0.25) is 11.8 Å². The van der Waals surface area contributed by atoms with Crippen molar-refractivity contribution < 1.29 is 28.7 Å². The van der Waals surface area contributed by atoms with Crippen LogP contribution in [0.15, 0.2) is 24.3 Å².